The number of carbonyl (C=O) groups excluding carboxylic acids is 1. The Hall–Kier alpha value is -4.01. The molecule has 0 saturated carbocycles. The summed E-state index contributed by atoms with van der Waals surface area (Å²) in [5, 5.41) is 11.0. The quantitative estimate of drug-likeness (QED) is 0.397. The van der Waals surface area contributed by atoms with E-state index in [-0.39, 0.29) is 12.0 Å². The molecule has 0 aliphatic carbocycles. The SMILES string of the molecule is Cc1ccc(OC(=O)N2CCc3c([nH]c4ccc(O)cc34)C2c2ccc(OCC3OCCO3)cc2)cc1. The summed E-state index contributed by atoms with van der Waals surface area (Å²) in [6.45, 7) is 3.93. The molecule has 0 bridgehead atoms. The van der Waals surface area contributed by atoms with Gasteiger partial charge in [0.05, 0.1) is 13.2 Å². The van der Waals surface area contributed by atoms with E-state index >= 15 is 0 Å². The molecular weight excluding hydrogens is 472 g/mol. The minimum absolute atomic E-state index is 0.212. The molecule has 1 saturated heterocycles. The number of fused-ring (bicyclic) bond motifs is 3. The number of benzene rings is 3. The number of amides is 1. The van der Waals surface area contributed by atoms with Crippen LogP contribution in [0.3, 0.4) is 0 Å². The summed E-state index contributed by atoms with van der Waals surface area (Å²) in [4.78, 5) is 18.7. The van der Waals surface area contributed by atoms with Crippen LogP contribution in [0, 0.1) is 6.92 Å². The number of aryl methyl sites for hydroxylation is 1. The van der Waals surface area contributed by atoms with E-state index in [1.54, 1.807) is 29.2 Å². The van der Waals surface area contributed by atoms with Crippen molar-refractivity contribution in [2.45, 2.75) is 25.7 Å². The van der Waals surface area contributed by atoms with E-state index < -0.39 is 12.1 Å². The lowest BCUT2D eigenvalue weighted by molar-refractivity contribution is -0.0684. The van der Waals surface area contributed by atoms with Gasteiger partial charge in [-0.2, -0.15) is 0 Å². The van der Waals surface area contributed by atoms with Crippen molar-refractivity contribution < 1.29 is 28.8 Å². The Morgan fingerprint density at radius 3 is 2.51 bits per heavy atom. The van der Waals surface area contributed by atoms with Crippen LogP contribution in [0.4, 0.5) is 4.79 Å². The van der Waals surface area contributed by atoms with Crippen molar-refractivity contribution in [1.82, 2.24) is 9.88 Å². The van der Waals surface area contributed by atoms with Crippen molar-refractivity contribution in [2.75, 3.05) is 26.4 Å². The molecule has 0 spiro atoms. The first kappa shape index (κ1) is 23.4. The number of hydrogen-bond acceptors (Lipinski definition) is 6. The number of carbonyl (C=O) groups is 1. The second kappa shape index (κ2) is 9.80. The van der Waals surface area contributed by atoms with E-state index in [1.807, 2.05) is 49.4 Å². The lowest BCUT2D eigenvalue weighted by Gasteiger charge is -2.35. The predicted octanol–water partition coefficient (Wildman–Crippen LogP) is 5.08. The van der Waals surface area contributed by atoms with Gasteiger partial charge in [-0.05, 0) is 66.9 Å². The number of aromatic hydroxyl groups is 1. The monoisotopic (exact) mass is 500 g/mol. The molecule has 3 heterocycles. The van der Waals surface area contributed by atoms with Gasteiger partial charge in [-0.3, -0.25) is 4.90 Å². The highest BCUT2D eigenvalue weighted by Crippen LogP contribution is 2.40. The number of phenols is 1. The summed E-state index contributed by atoms with van der Waals surface area (Å²) < 4.78 is 22.5. The van der Waals surface area contributed by atoms with Gasteiger partial charge in [-0.15, -0.1) is 0 Å². The fourth-order valence-corrected chi connectivity index (χ4v) is 5.00. The predicted molar refractivity (Wildman–Crippen MR) is 137 cm³/mol. The molecular formula is C29H28N2O6. The van der Waals surface area contributed by atoms with Crippen LogP contribution in [-0.2, 0) is 15.9 Å². The van der Waals surface area contributed by atoms with E-state index in [9.17, 15) is 9.90 Å². The number of aromatic nitrogens is 1. The van der Waals surface area contributed by atoms with Gasteiger partial charge in [0.15, 0.2) is 6.29 Å². The Morgan fingerprint density at radius 1 is 1.03 bits per heavy atom. The molecule has 8 nitrogen and oxygen atoms in total. The Balaban J connectivity index is 1.32. The highest BCUT2D eigenvalue weighted by molar-refractivity contribution is 5.87. The second-order valence-corrected chi connectivity index (χ2v) is 9.33. The van der Waals surface area contributed by atoms with Gasteiger partial charge in [-0.25, -0.2) is 4.79 Å². The van der Waals surface area contributed by atoms with Crippen molar-refractivity contribution >= 4 is 17.0 Å². The van der Waals surface area contributed by atoms with Crippen LogP contribution in [0.2, 0.25) is 0 Å². The third kappa shape index (κ3) is 4.73. The summed E-state index contributed by atoms with van der Waals surface area (Å²) in [5.41, 5.74) is 4.92. The first-order chi connectivity index (χ1) is 18.0. The Labute approximate surface area is 214 Å². The van der Waals surface area contributed by atoms with E-state index in [2.05, 4.69) is 4.98 Å². The smallest absolute Gasteiger partial charge is 0.416 e. The first-order valence-corrected chi connectivity index (χ1v) is 12.4. The van der Waals surface area contributed by atoms with Gasteiger partial charge in [0.1, 0.15) is 29.9 Å². The molecule has 0 radical (unpaired) electrons. The highest BCUT2D eigenvalue weighted by Gasteiger charge is 2.36. The number of rotatable bonds is 5. The molecule has 1 unspecified atom stereocenters. The molecule has 6 rings (SSSR count). The molecule has 1 aromatic heterocycles. The minimum Gasteiger partial charge on any atom is -0.508 e. The molecule has 2 aliphatic rings. The van der Waals surface area contributed by atoms with Crippen LogP contribution in [0.15, 0.2) is 66.7 Å². The van der Waals surface area contributed by atoms with Crippen LogP contribution >= 0.6 is 0 Å². The zero-order valence-electron chi connectivity index (χ0n) is 20.5. The molecule has 190 valence electrons. The molecule has 8 heteroatoms. The van der Waals surface area contributed by atoms with Gasteiger partial charge in [0.2, 0.25) is 0 Å². The number of aromatic amines is 1. The Bertz CT molecular complexity index is 1410. The maximum atomic E-state index is 13.4. The van der Waals surface area contributed by atoms with Gasteiger partial charge in [0.25, 0.3) is 0 Å². The van der Waals surface area contributed by atoms with Crippen molar-refractivity contribution in [1.29, 1.82) is 0 Å². The van der Waals surface area contributed by atoms with Crippen molar-refractivity contribution in [3.05, 3.63) is 89.1 Å². The van der Waals surface area contributed by atoms with Crippen LogP contribution in [0.25, 0.3) is 10.9 Å². The van der Waals surface area contributed by atoms with Crippen LogP contribution in [-0.4, -0.2) is 53.7 Å². The molecule has 1 atom stereocenters. The standard InChI is InChI=1S/C29H28N2O6/c1-18-2-7-22(8-3-18)37-29(33)31-13-12-23-24-16-20(32)6-11-25(24)30-27(23)28(31)19-4-9-21(10-5-19)36-17-26-34-14-15-35-26/h2-11,16,26,28,30,32H,12-15,17H2,1H3. The lowest BCUT2D eigenvalue weighted by atomic mass is 9.92. The van der Waals surface area contributed by atoms with E-state index in [0.717, 1.165) is 33.3 Å². The summed E-state index contributed by atoms with van der Waals surface area (Å²) in [6.07, 6.45) is -0.131. The summed E-state index contributed by atoms with van der Waals surface area (Å²) in [6, 6.07) is 20.0. The van der Waals surface area contributed by atoms with Crippen LogP contribution in [0.5, 0.6) is 17.2 Å². The number of nitrogens with one attached hydrogen (secondary N) is 1. The first-order valence-electron chi connectivity index (χ1n) is 12.4. The molecule has 1 amide bonds. The Kier molecular flexibility index (Phi) is 6.20. The maximum Gasteiger partial charge on any atom is 0.416 e. The number of ether oxygens (including phenoxy) is 4. The fourth-order valence-electron chi connectivity index (χ4n) is 5.00. The number of H-pyrrole nitrogens is 1. The summed E-state index contributed by atoms with van der Waals surface area (Å²) in [5.74, 6) is 1.40. The summed E-state index contributed by atoms with van der Waals surface area (Å²) >= 11 is 0. The maximum absolute atomic E-state index is 13.4. The third-order valence-electron chi connectivity index (χ3n) is 6.84. The number of phenolic OH excluding ortho intramolecular Hbond substituents is 1. The van der Waals surface area contributed by atoms with E-state index in [0.29, 0.717) is 44.3 Å². The summed E-state index contributed by atoms with van der Waals surface area (Å²) in [7, 11) is 0. The van der Waals surface area contributed by atoms with Crippen LogP contribution < -0.4 is 9.47 Å². The molecule has 1 fully saturated rings. The minimum atomic E-state index is -0.420. The van der Waals surface area contributed by atoms with Gasteiger partial charge < -0.3 is 29.0 Å². The van der Waals surface area contributed by atoms with Gasteiger partial charge in [0, 0.05) is 23.1 Å². The fraction of sp³-hybridized carbons (Fsp3) is 0.276. The average Bonchev–Trinajstić information content (AvgIpc) is 3.56. The van der Waals surface area contributed by atoms with Crippen molar-refractivity contribution in [3.8, 4) is 17.2 Å². The normalized spacial score (nSPS) is 17.6. The molecule has 37 heavy (non-hydrogen) atoms. The van der Waals surface area contributed by atoms with Crippen LogP contribution in [0.1, 0.15) is 28.4 Å². The van der Waals surface area contributed by atoms with E-state index in [4.69, 9.17) is 18.9 Å². The molecule has 2 N–H and O–H groups in total. The Morgan fingerprint density at radius 2 is 1.76 bits per heavy atom. The van der Waals surface area contributed by atoms with Crippen molar-refractivity contribution in [3.63, 3.8) is 0 Å². The van der Waals surface area contributed by atoms with Crippen molar-refractivity contribution in [2.24, 2.45) is 0 Å². The van der Waals surface area contributed by atoms with Gasteiger partial charge in [-0.1, -0.05) is 29.8 Å². The highest BCUT2D eigenvalue weighted by atomic mass is 16.7. The average molecular weight is 501 g/mol. The number of nitrogens with zero attached hydrogens (tertiary/aromatic N) is 1. The topological polar surface area (TPSA) is 93.3 Å². The third-order valence-corrected chi connectivity index (χ3v) is 6.84. The molecule has 4 aromatic rings. The van der Waals surface area contributed by atoms with E-state index in [1.165, 1.54) is 0 Å². The molecule has 3 aromatic carbocycles. The largest absolute Gasteiger partial charge is 0.508 e. The lowest BCUT2D eigenvalue weighted by Crippen LogP contribution is -2.42. The number of hydrogen-bond donors (Lipinski definition) is 2. The molecule has 2 aliphatic heterocycles. The second-order valence-electron chi connectivity index (χ2n) is 9.33. The zero-order valence-corrected chi connectivity index (χ0v) is 20.5. The van der Waals surface area contributed by atoms with Gasteiger partial charge >= 0.3 is 6.09 Å². The zero-order chi connectivity index (χ0) is 25.4.